The molecule has 0 spiro atoms. The maximum atomic E-state index is 10.1. The van der Waals surface area contributed by atoms with Crippen LogP contribution in [0.4, 0.5) is 0 Å². The first kappa shape index (κ1) is 6.59. The van der Waals surface area contributed by atoms with E-state index in [4.69, 9.17) is 5.73 Å². The highest BCUT2D eigenvalue weighted by atomic mass is 16.1. The molecule has 2 heteroatoms. The molecule has 1 saturated carbocycles. The van der Waals surface area contributed by atoms with Gasteiger partial charge in [-0.25, -0.2) is 0 Å². The molecule has 0 aromatic rings. The minimum atomic E-state index is -0.407. The van der Waals surface area contributed by atoms with Crippen LogP contribution in [0.1, 0.15) is 32.1 Å². The van der Waals surface area contributed by atoms with E-state index >= 15 is 0 Å². The van der Waals surface area contributed by atoms with Gasteiger partial charge in [0.25, 0.3) is 0 Å². The highest BCUT2D eigenvalue weighted by Crippen LogP contribution is 2.33. The van der Waals surface area contributed by atoms with E-state index < -0.39 is 5.91 Å². The summed E-state index contributed by atoms with van der Waals surface area (Å²) in [5.74, 6) is 0.500. The largest absolute Gasteiger partial charge is 0.273 e. The normalized spacial score (nSPS) is 17.8. The van der Waals surface area contributed by atoms with Crippen molar-refractivity contribution < 1.29 is 4.79 Å². The highest BCUT2D eigenvalue weighted by molar-refractivity contribution is 5.72. The number of nitrogens with one attached hydrogen (secondary N) is 1. The molecule has 0 bridgehead atoms. The molecule has 0 atom stereocenters. The van der Waals surface area contributed by atoms with E-state index in [1.54, 1.807) is 0 Å². The summed E-state index contributed by atoms with van der Waals surface area (Å²) in [5.41, 5.74) is 6.60. The monoisotopic (exact) mass is 126 g/mol. The molecule has 0 saturated heterocycles. The molecule has 1 aliphatic carbocycles. The Morgan fingerprint density at radius 1 is 1.56 bits per heavy atom. The fraction of sp³-hybridized carbons (Fsp3) is 0.857. The molecule has 9 heavy (non-hydrogen) atoms. The molecule has 1 N–H and O–H groups in total. The van der Waals surface area contributed by atoms with Crippen LogP contribution in [0.3, 0.4) is 0 Å². The van der Waals surface area contributed by atoms with Crippen molar-refractivity contribution in [2.24, 2.45) is 5.92 Å². The molecule has 0 unspecified atom stereocenters. The number of hydrogen-bond donors (Lipinski definition) is 0. The number of hydrogen-bond acceptors (Lipinski definition) is 1. The molecule has 2 nitrogen and oxygen atoms in total. The Kier molecular flexibility index (Phi) is 2.09. The summed E-state index contributed by atoms with van der Waals surface area (Å²) in [6.45, 7) is 0. The van der Waals surface area contributed by atoms with Crippen molar-refractivity contribution in [3.8, 4) is 0 Å². The summed E-state index contributed by atoms with van der Waals surface area (Å²) in [5, 5.41) is 0. The van der Waals surface area contributed by atoms with Gasteiger partial charge in [-0.3, -0.25) is 10.5 Å². The van der Waals surface area contributed by atoms with Gasteiger partial charge in [0.1, 0.15) is 0 Å². The van der Waals surface area contributed by atoms with Gasteiger partial charge in [0, 0.05) is 6.42 Å². The van der Waals surface area contributed by atoms with E-state index in [2.05, 4.69) is 0 Å². The summed E-state index contributed by atoms with van der Waals surface area (Å²) in [6.07, 6.45) is 5.28. The van der Waals surface area contributed by atoms with Crippen LogP contribution >= 0.6 is 0 Å². The second-order valence-electron chi connectivity index (χ2n) is 2.76. The van der Waals surface area contributed by atoms with E-state index in [0.29, 0.717) is 6.42 Å². The van der Waals surface area contributed by atoms with Crippen LogP contribution in [-0.2, 0) is 4.79 Å². The molecule has 0 aromatic heterocycles. The standard InChI is InChI=1S/C7H12NO/c8-7(9)3-1-2-6-4-5-6/h6,8H,1-5H2. The third-order valence-electron chi connectivity index (χ3n) is 1.71. The van der Waals surface area contributed by atoms with Gasteiger partial charge in [-0.15, -0.1) is 0 Å². The van der Waals surface area contributed by atoms with Crippen LogP contribution in [0, 0.1) is 5.92 Å². The quantitative estimate of drug-likeness (QED) is 0.561. The number of rotatable bonds is 4. The second-order valence-corrected chi connectivity index (χ2v) is 2.76. The Hall–Kier alpha value is -0.530. The molecule has 0 aliphatic heterocycles. The highest BCUT2D eigenvalue weighted by Gasteiger charge is 2.20. The van der Waals surface area contributed by atoms with Crippen molar-refractivity contribution in [3.63, 3.8) is 0 Å². The van der Waals surface area contributed by atoms with E-state index in [-0.39, 0.29) is 0 Å². The fourth-order valence-corrected chi connectivity index (χ4v) is 0.958. The van der Waals surface area contributed by atoms with Crippen molar-refractivity contribution in [3.05, 3.63) is 0 Å². The van der Waals surface area contributed by atoms with Crippen LogP contribution in [0.5, 0.6) is 0 Å². The van der Waals surface area contributed by atoms with Gasteiger partial charge in [-0.1, -0.05) is 12.8 Å². The van der Waals surface area contributed by atoms with Crippen LogP contribution in [0.25, 0.3) is 0 Å². The molecule has 1 fully saturated rings. The Morgan fingerprint density at radius 2 is 2.22 bits per heavy atom. The molecular formula is C7H12NO. The average molecular weight is 126 g/mol. The number of carbonyl (C=O) groups excluding carboxylic acids is 1. The summed E-state index contributed by atoms with van der Waals surface area (Å²) >= 11 is 0. The van der Waals surface area contributed by atoms with E-state index in [0.717, 1.165) is 12.3 Å². The van der Waals surface area contributed by atoms with Gasteiger partial charge in [-0.05, 0) is 18.8 Å². The predicted octanol–water partition coefficient (Wildman–Crippen LogP) is 1.38. The van der Waals surface area contributed by atoms with Crippen molar-refractivity contribution in [1.82, 2.24) is 5.73 Å². The smallest absolute Gasteiger partial charge is 0.238 e. The Labute approximate surface area is 55.4 Å². The van der Waals surface area contributed by atoms with Crippen LogP contribution in [-0.4, -0.2) is 5.91 Å². The summed E-state index contributed by atoms with van der Waals surface area (Å²) in [7, 11) is 0. The lowest BCUT2D eigenvalue weighted by atomic mass is 10.2. The molecule has 51 valence electrons. The first-order chi connectivity index (χ1) is 4.29. The zero-order chi connectivity index (χ0) is 6.69. The topological polar surface area (TPSA) is 40.9 Å². The van der Waals surface area contributed by atoms with E-state index in [1.165, 1.54) is 19.3 Å². The predicted molar refractivity (Wildman–Crippen MR) is 34.7 cm³/mol. The first-order valence-electron chi connectivity index (χ1n) is 3.53. The number of amides is 1. The maximum Gasteiger partial charge on any atom is 0.238 e. The molecule has 0 heterocycles. The lowest BCUT2D eigenvalue weighted by Crippen LogP contribution is -1.96. The minimum Gasteiger partial charge on any atom is -0.273 e. The summed E-state index contributed by atoms with van der Waals surface area (Å²) < 4.78 is 0. The maximum absolute atomic E-state index is 10.1. The van der Waals surface area contributed by atoms with Crippen molar-refractivity contribution in [2.45, 2.75) is 32.1 Å². The van der Waals surface area contributed by atoms with Gasteiger partial charge >= 0.3 is 0 Å². The fourth-order valence-electron chi connectivity index (χ4n) is 0.958. The lowest BCUT2D eigenvalue weighted by molar-refractivity contribution is -0.118. The van der Waals surface area contributed by atoms with E-state index in [1.807, 2.05) is 0 Å². The third-order valence-corrected chi connectivity index (χ3v) is 1.71. The Morgan fingerprint density at radius 3 is 2.67 bits per heavy atom. The molecule has 1 rings (SSSR count). The first-order valence-corrected chi connectivity index (χ1v) is 3.53. The van der Waals surface area contributed by atoms with Crippen LogP contribution < -0.4 is 5.73 Å². The molecule has 1 amide bonds. The van der Waals surface area contributed by atoms with Crippen LogP contribution in [0.2, 0.25) is 0 Å². The molecule has 1 radical (unpaired) electrons. The number of carbonyl (C=O) groups is 1. The third kappa shape index (κ3) is 3.12. The van der Waals surface area contributed by atoms with Gasteiger partial charge < -0.3 is 0 Å². The van der Waals surface area contributed by atoms with Gasteiger partial charge in [-0.2, -0.15) is 0 Å². The summed E-state index contributed by atoms with van der Waals surface area (Å²) in [6, 6.07) is 0. The van der Waals surface area contributed by atoms with Crippen molar-refractivity contribution in [2.75, 3.05) is 0 Å². The summed E-state index contributed by atoms with van der Waals surface area (Å²) in [4.78, 5) is 10.1. The Balaban J connectivity index is 1.86. The zero-order valence-corrected chi connectivity index (χ0v) is 5.52. The SMILES string of the molecule is [NH]C(=O)CCCC1CC1. The van der Waals surface area contributed by atoms with E-state index in [9.17, 15) is 4.79 Å². The average Bonchev–Trinajstić information content (AvgIpc) is 2.48. The molecule has 1 aliphatic rings. The van der Waals surface area contributed by atoms with Crippen molar-refractivity contribution >= 4 is 5.91 Å². The van der Waals surface area contributed by atoms with Gasteiger partial charge in [0.05, 0.1) is 0 Å². The molecular weight excluding hydrogens is 114 g/mol. The van der Waals surface area contributed by atoms with Crippen LogP contribution in [0.15, 0.2) is 0 Å². The Bertz CT molecular complexity index is 107. The second kappa shape index (κ2) is 2.85. The van der Waals surface area contributed by atoms with Crippen molar-refractivity contribution in [1.29, 1.82) is 0 Å². The zero-order valence-electron chi connectivity index (χ0n) is 5.52. The van der Waals surface area contributed by atoms with Gasteiger partial charge in [0.2, 0.25) is 5.91 Å². The molecule has 0 aromatic carbocycles. The van der Waals surface area contributed by atoms with Gasteiger partial charge in [0.15, 0.2) is 0 Å². The lowest BCUT2D eigenvalue weighted by Gasteiger charge is -1.91. The minimum absolute atomic E-state index is 0.407.